The minimum Gasteiger partial charge on any atom is -0.355 e. The molecule has 5 heteroatoms. The highest BCUT2D eigenvalue weighted by Gasteiger charge is 2.29. The second-order valence-electron chi connectivity index (χ2n) is 5.02. The summed E-state index contributed by atoms with van der Waals surface area (Å²) < 4.78 is 0. The molecule has 1 aromatic rings. The average Bonchev–Trinajstić information content (AvgIpc) is 2.34. The molecule has 0 unspecified atom stereocenters. The highest BCUT2D eigenvalue weighted by Crippen LogP contribution is 2.35. The molecule has 94 valence electrons. The van der Waals surface area contributed by atoms with E-state index in [1.54, 1.807) is 0 Å². The molecule has 2 heterocycles. The molecule has 0 aromatic carbocycles. The van der Waals surface area contributed by atoms with Gasteiger partial charge in [0.1, 0.15) is 5.02 Å². The lowest BCUT2D eigenvalue weighted by atomic mass is 9.78. The van der Waals surface area contributed by atoms with Gasteiger partial charge in [-0.3, -0.25) is 4.79 Å². The van der Waals surface area contributed by atoms with Crippen LogP contribution in [0.25, 0.3) is 0 Å². The monoisotopic (exact) mass is 255 g/mol. The number of aromatic amines is 1. The smallest absolute Gasteiger partial charge is 0.271 e. The minimum atomic E-state index is -0.263. The third-order valence-electron chi connectivity index (χ3n) is 3.90. The summed E-state index contributed by atoms with van der Waals surface area (Å²) in [6, 6.07) is 0. The molecular weight excluding hydrogens is 238 g/mol. The van der Waals surface area contributed by atoms with E-state index in [1.165, 1.54) is 12.7 Å². The number of H-pyrrole nitrogens is 1. The molecule has 1 aromatic heterocycles. The van der Waals surface area contributed by atoms with Crippen molar-refractivity contribution in [3.63, 3.8) is 0 Å². The van der Waals surface area contributed by atoms with Crippen LogP contribution in [0.2, 0.25) is 5.02 Å². The van der Waals surface area contributed by atoms with Crippen LogP contribution in [0.15, 0.2) is 11.1 Å². The van der Waals surface area contributed by atoms with Gasteiger partial charge in [-0.2, -0.15) is 0 Å². The molecule has 17 heavy (non-hydrogen) atoms. The van der Waals surface area contributed by atoms with Crippen LogP contribution in [0.1, 0.15) is 33.1 Å². The van der Waals surface area contributed by atoms with Crippen LogP contribution >= 0.6 is 11.6 Å². The third kappa shape index (κ3) is 2.46. The Bertz CT molecular complexity index is 449. The molecule has 1 aliphatic rings. The maximum Gasteiger partial charge on any atom is 0.271 e. The Hall–Kier alpha value is -1.03. The standard InChI is InChI=1S/C12H18ClN3O/c1-3-12(2)4-6-16(7-5-12)10-9(13)11(17)15-8-14-10/h8H,3-7H2,1-2H3,(H,14,15,17). The molecule has 0 atom stereocenters. The molecule has 1 N–H and O–H groups in total. The van der Waals surface area contributed by atoms with Crippen molar-refractivity contribution in [2.45, 2.75) is 33.1 Å². The Morgan fingerprint density at radius 1 is 1.53 bits per heavy atom. The molecule has 2 rings (SSSR count). The molecule has 1 aliphatic heterocycles. The highest BCUT2D eigenvalue weighted by atomic mass is 35.5. The van der Waals surface area contributed by atoms with Crippen LogP contribution in [-0.4, -0.2) is 23.1 Å². The summed E-state index contributed by atoms with van der Waals surface area (Å²) in [5, 5.41) is 0.201. The molecule has 0 amide bonds. The minimum absolute atomic E-state index is 0.201. The number of nitrogens with one attached hydrogen (secondary N) is 1. The number of anilines is 1. The van der Waals surface area contributed by atoms with E-state index < -0.39 is 0 Å². The van der Waals surface area contributed by atoms with E-state index in [0.717, 1.165) is 25.9 Å². The molecule has 1 fully saturated rings. The van der Waals surface area contributed by atoms with Crippen LogP contribution in [0, 0.1) is 5.41 Å². The van der Waals surface area contributed by atoms with Crippen molar-refractivity contribution in [3.8, 4) is 0 Å². The zero-order valence-electron chi connectivity index (χ0n) is 10.3. The van der Waals surface area contributed by atoms with Gasteiger partial charge in [0.15, 0.2) is 5.82 Å². The first-order chi connectivity index (χ1) is 8.06. The van der Waals surface area contributed by atoms with Crippen LogP contribution in [-0.2, 0) is 0 Å². The fourth-order valence-corrected chi connectivity index (χ4v) is 2.43. The first kappa shape index (κ1) is 12.4. The van der Waals surface area contributed by atoms with Crippen molar-refractivity contribution in [1.82, 2.24) is 9.97 Å². The van der Waals surface area contributed by atoms with Gasteiger partial charge in [-0.25, -0.2) is 4.98 Å². The number of rotatable bonds is 2. The number of piperidine rings is 1. The lowest BCUT2D eigenvalue weighted by molar-refractivity contribution is 0.238. The predicted octanol–water partition coefficient (Wildman–Crippen LogP) is 2.44. The van der Waals surface area contributed by atoms with Crippen molar-refractivity contribution in [3.05, 3.63) is 21.7 Å². The van der Waals surface area contributed by atoms with Gasteiger partial charge in [0, 0.05) is 13.1 Å². The van der Waals surface area contributed by atoms with E-state index in [4.69, 9.17) is 11.6 Å². The lowest BCUT2D eigenvalue weighted by Gasteiger charge is -2.39. The van der Waals surface area contributed by atoms with Crippen molar-refractivity contribution in [2.75, 3.05) is 18.0 Å². The topological polar surface area (TPSA) is 49.0 Å². The van der Waals surface area contributed by atoms with Gasteiger partial charge >= 0.3 is 0 Å². The zero-order valence-corrected chi connectivity index (χ0v) is 11.0. The number of hydrogen-bond donors (Lipinski definition) is 1. The van der Waals surface area contributed by atoms with Gasteiger partial charge in [0.25, 0.3) is 5.56 Å². The van der Waals surface area contributed by atoms with Gasteiger partial charge in [0.05, 0.1) is 6.33 Å². The van der Waals surface area contributed by atoms with Gasteiger partial charge < -0.3 is 9.88 Å². The molecule has 0 saturated carbocycles. The van der Waals surface area contributed by atoms with Crippen LogP contribution in [0.5, 0.6) is 0 Å². The lowest BCUT2D eigenvalue weighted by Crippen LogP contribution is -2.39. The number of nitrogens with zero attached hydrogens (tertiary/aromatic N) is 2. The largest absolute Gasteiger partial charge is 0.355 e. The third-order valence-corrected chi connectivity index (χ3v) is 4.24. The summed E-state index contributed by atoms with van der Waals surface area (Å²) in [6.07, 6.45) is 4.84. The fraction of sp³-hybridized carbons (Fsp3) is 0.667. The second-order valence-corrected chi connectivity index (χ2v) is 5.40. The fourth-order valence-electron chi connectivity index (χ4n) is 2.21. The molecule has 0 spiro atoms. The average molecular weight is 256 g/mol. The van der Waals surface area contributed by atoms with Crippen molar-refractivity contribution < 1.29 is 0 Å². The van der Waals surface area contributed by atoms with E-state index in [9.17, 15) is 4.79 Å². The zero-order chi connectivity index (χ0) is 12.5. The summed E-state index contributed by atoms with van der Waals surface area (Å²) in [5.74, 6) is 0.619. The first-order valence-corrected chi connectivity index (χ1v) is 6.42. The molecule has 0 bridgehead atoms. The second kappa shape index (κ2) is 4.69. The Kier molecular flexibility index (Phi) is 3.43. The van der Waals surface area contributed by atoms with E-state index in [-0.39, 0.29) is 10.6 Å². The van der Waals surface area contributed by atoms with Crippen LogP contribution in [0.4, 0.5) is 5.82 Å². The van der Waals surface area contributed by atoms with E-state index in [2.05, 4.69) is 28.7 Å². The number of hydrogen-bond acceptors (Lipinski definition) is 3. The van der Waals surface area contributed by atoms with Crippen molar-refractivity contribution >= 4 is 17.4 Å². The molecule has 0 aliphatic carbocycles. The first-order valence-electron chi connectivity index (χ1n) is 6.04. The van der Waals surface area contributed by atoms with Crippen molar-refractivity contribution in [1.29, 1.82) is 0 Å². The molecule has 4 nitrogen and oxygen atoms in total. The maximum absolute atomic E-state index is 11.4. The van der Waals surface area contributed by atoms with Gasteiger partial charge in [0.2, 0.25) is 0 Å². The SMILES string of the molecule is CCC1(C)CCN(c2nc[nH]c(=O)c2Cl)CC1. The maximum atomic E-state index is 11.4. The van der Waals surface area contributed by atoms with E-state index in [1.807, 2.05) is 0 Å². The predicted molar refractivity (Wildman–Crippen MR) is 69.7 cm³/mol. The number of aromatic nitrogens is 2. The van der Waals surface area contributed by atoms with Gasteiger partial charge in [-0.05, 0) is 18.3 Å². The molecule has 1 saturated heterocycles. The summed E-state index contributed by atoms with van der Waals surface area (Å²) in [7, 11) is 0. The Labute approximate surface area is 106 Å². The van der Waals surface area contributed by atoms with Crippen molar-refractivity contribution in [2.24, 2.45) is 5.41 Å². The highest BCUT2D eigenvalue weighted by molar-refractivity contribution is 6.32. The quantitative estimate of drug-likeness (QED) is 0.883. The number of halogens is 1. The van der Waals surface area contributed by atoms with E-state index in [0.29, 0.717) is 11.2 Å². The van der Waals surface area contributed by atoms with Gasteiger partial charge in [-0.1, -0.05) is 31.9 Å². The Balaban J connectivity index is 2.16. The summed E-state index contributed by atoms with van der Waals surface area (Å²) in [6.45, 7) is 6.38. The molecular formula is C12H18ClN3O. The Morgan fingerprint density at radius 3 is 2.76 bits per heavy atom. The summed E-state index contributed by atoms with van der Waals surface area (Å²) >= 11 is 5.98. The van der Waals surface area contributed by atoms with E-state index >= 15 is 0 Å². The Morgan fingerprint density at radius 2 is 2.18 bits per heavy atom. The summed E-state index contributed by atoms with van der Waals surface area (Å²) in [5.41, 5.74) is 0.157. The normalized spacial score (nSPS) is 19.4. The van der Waals surface area contributed by atoms with Crippen LogP contribution < -0.4 is 10.5 Å². The van der Waals surface area contributed by atoms with Crippen LogP contribution in [0.3, 0.4) is 0 Å². The molecule has 0 radical (unpaired) electrons. The summed E-state index contributed by atoms with van der Waals surface area (Å²) in [4.78, 5) is 20.2. The van der Waals surface area contributed by atoms with Gasteiger partial charge in [-0.15, -0.1) is 0 Å².